The van der Waals surface area contributed by atoms with Crippen molar-refractivity contribution in [1.82, 2.24) is 40.1 Å². The van der Waals surface area contributed by atoms with Gasteiger partial charge in [0.2, 0.25) is 0 Å². The molecule has 0 saturated heterocycles. The van der Waals surface area contributed by atoms with E-state index in [0.29, 0.717) is 30.2 Å². The lowest BCUT2D eigenvalue weighted by Gasteiger charge is -2.09. The predicted molar refractivity (Wildman–Crippen MR) is 101 cm³/mol. The Morgan fingerprint density at radius 2 is 1.93 bits per heavy atom. The molecule has 0 unspecified atom stereocenters. The molecule has 0 aliphatic heterocycles. The number of anilines is 1. The minimum absolute atomic E-state index is 0.174. The topological polar surface area (TPSA) is 115 Å². The van der Waals surface area contributed by atoms with E-state index >= 15 is 0 Å². The van der Waals surface area contributed by atoms with Crippen molar-refractivity contribution in [2.24, 2.45) is 0 Å². The van der Waals surface area contributed by atoms with Crippen LogP contribution in [0, 0.1) is 0 Å². The molecule has 10 heteroatoms. The molecular formula is C18H17N9O. The minimum atomic E-state index is -0.174. The van der Waals surface area contributed by atoms with E-state index in [1.54, 1.807) is 18.2 Å². The van der Waals surface area contributed by atoms with Crippen LogP contribution in [0.2, 0.25) is 0 Å². The van der Waals surface area contributed by atoms with Gasteiger partial charge in [0.25, 0.3) is 5.91 Å². The van der Waals surface area contributed by atoms with Crippen molar-refractivity contribution in [1.29, 1.82) is 0 Å². The molecule has 0 radical (unpaired) electrons. The smallest absolute Gasteiger partial charge is 0.251 e. The Balaban J connectivity index is 1.30. The van der Waals surface area contributed by atoms with Gasteiger partial charge in [-0.1, -0.05) is 6.07 Å². The van der Waals surface area contributed by atoms with Crippen molar-refractivity contribution in [3.8, 4) is 11.5 Å². The van der Waals surface area contributed by atoms with Gasteiger partial charge in [0.1, 0.15) is 24.3 Å². The summed E-state index contributed by atoms with van der Waals surface area (Å²) in [5, 5.41) is 17.1. The largest absolute Gasteiger partial charge is 0.368 e. The lowest BCUT2D eigenvalue weighted by atomic mass is 10.2. The lowest BCUT2D eigenvalue weighted by Crippen LogP contribution is -2.29. The summed E-state index contributed by atoms with van der Waals surface area (Å²) in [6.07, 6.45) is 6.80. The number of benzene rings is 1. The molecule has 3 heterocycles. The summed E-state index contributed by atoms with van der Waals surface area (Å²) in [4.78, 5) is 20.8. The molecule has 10 nitrogen and oxygen atoms in total. The van der Waals surface area contributed by atoms with Crippen LogP contribution < -0.4 is 10.6 Å². The van der Waals surface area contributed by atoms with E-state index in [1.165, 1.54) is 17.3 Å². The van der Waals surface area contributed by atoms with Gasteiger partial charge in [0, 0.05) is 37.1 Å². The molecule has 0 aliphatic carbocycles. The standard InChI is InChI=1S/C18H17N9O/c28-18(14-4-3-5-15(10-14)27-13-23-24-25-27)20-7-6-19-16-11-17(22-12-21-16)26-8-1-2-9-26/h1-5,8-13H,6-7H2,(H,20,28)(H,19,21,22). The molecule has 3 aromatic heterocycles. The Kier molecular flexibility index (Phi) is 5.00. The first-order chi connectivity index (χ1) is 13.8. The van der Waals surface area contributed by atoms with Crippen LogP contribution in [0.4, 0.5) is 5.82 Å². The quantitative estimate of drug-likeness (QED) is 0.465. The molecule has 0 aliphatic rings. The van der Waals surface area contributed by atoms with Crippen LogP contribution in [0.5, 0.6) is 0 Å². The average Bonchev–Trinajstić information content (AvgIpc) is 3.46. The van der Waals surface area contributed by atoms with Gasteiger partial charge in [-0.2, -0.15) is 0 Å². The zero-order chi connectivity index (χ0) is 19.2. The monoisotopic (exact) mass is 375 g/mol. The van der Waals surface area contributed by atoms with E-state index in [0.717, 1.165) is 5.82 Å². The maximum atomic E-state index is 12.4. The molecule has 0 saturated carbocycles. The van der Waals surface area contributed by atoms with Crippen LogP contribution in [-0.4, -0.2) is 53.7 Å². The molecule has 4 aromatic rings. The first kappa shape index (κ1) is 17.3. The van der Waals surface area contributed by atoms with E-state index in [2.05, 4.69) is 36.1 Å². The Hall–Kier alpha value is -4.08. The van der Waals surface area contributed by atoms with Gasteiger partial charge in [-0.3, -0.25) is 4.79 Å². The van der Waals surface area contributed by atoms with Gasteiger partial charge >= 0.3 is 0 Å². The van der Waals surface area contributed by atoms with E-state index in [9.17, 15) is 4.79 Å². The summed E-state index contributed by atoms with van der Waals surface area (Å²) in [7, 11) is 0. The Morgan fingerprint density at radius 1 is 1.04 bits per heavy atom. The number of carbonyl (C=O) groups is 1. The van der Waals surface area contributed by atoms with Gasteiger partial charge in [-0.25, -0.2) is 14.6 Å². The molecule has 28 heavy (non-hydrogen) atoms. The van der Waals surface area contributed by atoms with Crippen molar-refractivity contribution in [2.75, 3.05) is 18.4 Å². The number of aromatic nitrogens is 7. The second-order valence-corrected chi connectivity index (χ2v) is 5.84. The summed E-state index contributed by atoms with van der Waals surface area (Å²) < 4.78 is 3.39. The van der Waals surface area contributed by atoms with E-state index in [1.807, 2.05) is 41.2 Å². The number of nitrogens with zero attached hydrogens (tertiary/aromatic N) is 7. The Morgan fingerprint density at radius 3 is 2.75 bits per heavy atom. The summed E-state index contributed by atoms with van der Waals surface area (Å²) in [6, 6.07) is 12.8. The molecule has 1 aromatic carbocycles. The second kappa shape index (κ2) is 8.08. The zero-order valence-electron chi connectivity index (χ0n) is 14.8. The molecule has 0 atom stereocenters. The highest BCUT2D eigenvalue weighted by molar-refractivity contribution is 5.94. The van der Waals surface area contributed by atoms with Gasteiger partial charge in [0.15, 0.2) is 0 Å². The van der Waals surface area contributed by atoms with Crippen molar-refractivity contribution < 1.29 is 4.79 Å². The first-order valence-electron chi connectivity index (χ1n) is 8.60. The fraction of sp³-hybridized carbons (Fsp3) is 0.111. The molecule has 0 bridgehead atoms. The highest BCUT2D eigenvalue weighted by atomic mass is 16.1. The summed E-state index contributed by atoms with van der Waals surface area (Å²) in [6.45, 7) is 0.970. The van der Waals surface area contributed by atoms with Crippen molar-refractivity contribution in [3.05, 3.63) is 73.1 Å². The van der Waals surface area contributed by atoms with Crippen LogP contribution >= 0.6 is 0 Å². The normalized spacial score (nSPS) is 10.6. The second-order valence-electron chi connectivity index (χ2n) is 5.84. The van der Waals surface area contributed by atoms with E-state index < -0.39 is 0 Å². The van der Waals surface area contributed by atoms with Gasteiger partial charge in [-0.15, -0.1) is 5.10 Å². The molecule has 0 fully saturated rings. The molecular weight excluding hydrogens is 358 g/mol. The number of rotatable bonds is 7. The van der Waals surface area contributed by atoms with Crippen molar-refractivity contribution in [3.63, 3.8) is 0 Å². The minimum Gasteiger partial charge on any atom is -0.368 e. The predicted octanol–water partition coefficient (Wildman–Crippen LogP) is 1.08. The summed E-state index contributed by atoms with van der Waals surface area (Å²) in [5.74, 6) is 1.28. The SMILES string of the molecule is O=C(NCCNc1cc(-n2cccc2)ncn1)c1cccc(-n2cnnn2)c1. The molecule has 2 N–H and O–H groups in total. The molecule has 1 amide bonds. The Bertz CT molecular complexity index is 1040. The maximum Gasteiger partial charge on any atom is 0.251 e. The van der Waals surface area contributed by atoms with Crippen molar-refractivity contribution in [2.45, 2.75) is 0 Å². The highest BCUT2D eigenvalue weighted by Gasteiger charge is 2.07. The third kappa shape index (κ3) is 4.01. The Labute approximate surface area is 160 Å². The van der Waals surface area contributed by atoms with Crippen LogP contribution in [0.3, 0.4) is 0 Å². The van der Waals surface area contributed by atoms with Crippen LogP contribution in [0.25, 0.3) is 11.5 Å². The van der Waals surface area contributed by atoms with Crippen LogP contribution in [0.1, 0.15) is 10.4 Å². The third-order valence-electron chi connectivity index (χ3n) is 3.96. The summed E-state index contributed by atoms with van der Waals surface area (Å²) >= 11 is 0. The first-order valence-corrected chi connectivity index (χ1v) is 8.60. The number of carbonyl (C=O) groups excluding carboxylic acids is 1. The fourth-order valence-corrected chi connectivity index (χ4v) is 2.61. The number of amides is 1. The van der Waals surface area contributed by atoms with Crippen molar-refractivity contribution >= 4 is 11.7 Å². The number of nitrogens with one attached hydrogen (secondary N) is 2. The number of hydrogen-bond acceptors (Lipinski definition) is 7. The molecule has 4 rings (SSSR count). The number of tetrazole rings is 1. The maximum absolute atomic E-state index is 12.4. The highest BCUT2D eigenvalue weighted by Crippen LogP contribution is 2.10. The molecule has 140 valence electrons. The van der Waals surface area contributed by atoms with Gasteiger partial charge in [0.05, 0.1) is 5.69 Å². The third-order valence-corrected chi connectivity index (χ3v) is 3.96. The van der Waals surface area contributed by atoms with Crippen LogP contribution in [-0.2, 0) is 0 Å². The van der Waals surface area contributed by atoms with Crippen LogP contribution in [0.15, 0.2) is 67.5 Å². The average molecular weight is 375 g/mol. The summed E-state index contributed by atoms with van der Waals surface area (Å²) in [5.41, 5.74) is 1.25. The van der Waals surface area contributed by atoms with Gasteiger partial charge in [-0.05, 0) is 40.8 Å². The zero-order valence-corrected chi connectivity index (χ0v) is 14.8. The van der Waals surface area contributed by atoms with E-state index in [-0.39, 0.29) is 5.91 Å². The van der Waals surface area contributed by atoms with E-state index in [4.69, 9.17) is 0 Å². The number of hydrogen-bond donors (Lipinski definition) is 2. The van der Waals surface area contributed by atoms with Gasteiger partial charge < -0.3 is 15.2 Å². The lowest BCUT2D eigenvalue weighted by molar-refractivity contribution is 0.0955. The molecule has 0 spiro atoms. The fourth-order valence-electron chi connectivity index (χ4n) is 2.61.